The zero-order chi connectivity index (χ0) is 67.8. The lowest BCUT2D eigenvalue weighted by Crippen LogP contribution is -2.53. The van der Waals surface area contributed by atoms with E-state index in [0.29, 0.717) is 17.5 Å². The summed E-state index contributed by atoms with van der Waals surface area (Å²) >= 11 is 0. The van der Waals surface area contributed by atoms with Crippen LogP contribution >= 0.6 is 0 Å². The van der Waals surface area contributed by atoms with Crippen LogP contribution in [0.1, 0.15) is 56.8 Å². The van der Waals surface area contributed by atoms with Gasteiger partial charge in [0.1, 0.15) is 0 Å². The van der Waals surface area contributed by atoms with Crippen LogP contribution in [0.2, 0.25) is 0 Å². The van der Waals surface area contributed by atoms with Crippen molar-refractivity contribution in [2.45, 2.75) is 77.4 Å². The van der Waals surface area contributed by atoms with E-state index in [1.54, 1.807) is 13.1 Å². The molecule has 6 aliphatic rings. The molecule has 0 radical (unpaired) electrons. The Balaban J connectivity index is 0.000000117. The third-order valence-electron chi connectivity index (χ3n) is 21.9. The van der Waals surface area contributed by atoms with Crippen molar-refractivity contribution in [3.05, 3.63) is 169 Å². The maximum atomic E-state index is 12.2. The zero-order valence-electron chi connectivity index (χ0n) is 57.9. The summed E-state index contributed by atoms with van der Waals surface area (Å²) in [6.45, 7) is 25.0. The van der Waals surface area contributed by atoms with Gasteiger partial charge >= 0.3 is 0 Å². The molecule has 0 spiro atoms. The third kappa shape index (κ3) is 13.3. The number of piperazine rings is 3. The van der Waals surface area contributed by atoms with Crippen LogP contribution in [0, 0.1) is 13.8 Å². The van der Waals surface area contributed by atoms with E-state index in [-0.39, 0.29) is 11.5 Å². The number of likely N-dealkylation sites (tertiary alicyclic amines) is 1. The fraction of sp³-hybridized carbons (Fsp3) is 0.403. The quantitative estimate of drug-likeness (QED) is 0.138. The second kappa shape index (κ2) is 28.5. The number of hydrogen-bond donors (Lipinski definition) is 2. The third-order valence-corrected chi connectivity index (χ3v) is 21.9. The summed E-state index contributed by atoms with van der Waals surface area (Å²) in [7, 11) is 2.21. The molecule has 9 aromatic heterocycles. The number of carbonyl (C=O) groups is 1. The molecule has 6 saturated heterocycles. The molecule has 2 N–H and O–H groups in total. The maximum Gasteiger partial charge on any atom is 0.255 e. The number of nitrogens with zero attached hydrogens (tertiary/aromatic N) is 19. The molecule has 0 saturated carbocycles. The van der Waals surface area contributed by atoms with Crippen LogP contribution in [0.5, 0.6) is 0 Å². The largest absolute Gasteiger partial charge is 0.369 e. The number of fused-ring (bicyclic) bond motifs is 6. The lowest BCUT2D eigenvalue weighted by Gasteiger charge is -2.43. The molecule has 514 valence electrons. The normalized spacial score (nSPS) is 18.5. The first-order valence-corrected chi connectivity index (χ1v) is 36.0. The average Bonchev–Trinajstić information content (AvgIpc) is 1.58. The Hall–Kier alpha value is -9.78. The van der Waals surface area contributed by atoms with E-state index >= 15 is 0 Å². The van der Waals surface area contributed by atoms with Crippen LogP contribution in [0.25, 0.3) is 82.9 Å². The molecule has 23 nitrogen and oxygen atoms in total. The van der Waals surface area contributed by atoms with E-state index in [4.69, 9.17) is 15.0 Å². The van der Waals surface area contributed by atoms with E-state index in [2.05, 4.69) is 138 Å². The zero-order valence-corrected chi connectivity index (χ0v) is 57.9. The average molecular weight is 1340 g/mol. The molecular formula is C77H89N21O2. The number of anilines is 3. The Morgan fingerprint density at radius 3 is 1.28 bits per heavy atom. The van der Waals surface area contributed by atoms with Gasteiger partial charge in [0.15, 0.2) is 16.9 Å². The highest BCUT2D eigenvalue weighted by Gasteiger charge is 2.31. The molecule has 12 aromatic rings. The van der Waals surface area contributed by atoms with Gasteiger partial charge < -0.3 is 34.8 Å². The van der Waals surface area contributed by atoms with Crippen LogP contribution in [0.4, 0.5) is 17.1 Å². The predicted molar refractivity (Wildman–Crippen MR) is 397 cm³/mol. The van der Waals surface area contributed by atoms with Gasteiger partial charge in [0, 0.05) is 186 Å². The highest BCUT2D eigenvalue weighted by atomic mass is 16.2. The van der Waals surface area contributed by atoms with Gasteiger partial charge in [-0.1, -0.05) is 54.6 Å². The second-order valence-electron chi connectivity index (χ2n) is 28.0. The number of piperidine rings is 3. The minimum atomic E-state index is -0.0824. The molecule has 0 atom stereocenters. The first kappa shape index (κ1) is 64.9. The lowest BCUT2D eigenvalue weighted by molar-refractivity contribution is -0.130. The van der Waals surface area contributed by atoms with Crippen LogP contribution in [0.15, 0.2) is 152 Å². The number of H-pyrrole nitrogens is 1. The molecule has 6 aliphatic heterocycles. The smallest absolute Gasteiger partial charge is 0.255 e. The molecule has 23 heteroatoms. The standard InChI is InChI=1S/C27H31N7O.C25H29N7O.C25H29N7/c1-19-15-24(23-5-3-4-6-26(23)30-19)25-17-29-34-18-22(16-28-27(25)34)33-13-11-32(12-14-33)21-7-9-31(10-8-21)20(2)35;1-29-10-12-31(13-11-29)18-6-8-30(9-7-18)19-14-26-24-23(16-28-32(24)17-19)22-15-27-25(33)21-5-3-2-4-20(21)22;1-18-14-22(21-4-2-3-5-24(21)29-18)23-16-28-32-17-20(15-27-25(23)32)31-12-10-30(11-13-31)19-6-8-26-9-7-19/h3-6,15-18,21H,7-14H2,1-2H3;2-5,14-18H,6-13H2,1H3,(H,27,33);2-5,14-17,19,26H,6-13H2,1H3. The molecule has 15 heterocycles. The Bertz CT molecular complexity index is 4960. The molecule has 100 heavy (non-hydrogen) atoms. The molecule has 6 fully saturated rings. The number of amides is 1. The highest BCUT2D eigenvalue weighted by Crippen LogP contribution is 2.36. The molecule has 0 unspecified atom stereocenters. The minimum absolute atomic E-state index is 0.0824. The van der Waals surface area contributed by atoms with E-state index in [9.17, 15) is 9.59 Å². The topological polar surface area (TPSA) is 204 Å². The number of pyridine rings is 3. The Morgan fingerprint density at radius 2 is 0.820 bits per heavy atom. The fourth-order valence-corrected chi connectivity index (χ4v) is 16.2. The second-order valence-corrected chi connectivity index (χ2v) is 28.0. The number of hydrogen-bond acceptors (Lipinski definition) is 18. The SMILES string of the molecule is CC(=O)N1CCC(N2CCN(c3cnc4c(-c5cc(C)nc6ccccc56)cnn4c3)CC2)CC1.CN1CCN(C2CCN(c3cnc4c(-c5c[nH]c(=O)c6ccccc56)cnn4c3)CC2)CC1.Cc1cc(-c2cnn3cc(N4CCN(C5CCNCC5)CC4)cnc23)c2ccccc2n1. The van der Waals surface area contributed by atoms with Gasteiger partial charge in [-0.15, -0.1) is 0 Å². The molecule has 0 aliphatic carbocycles. The summed E-state index contributed by atoms with van der Waals surface area (Å²) in [6, 6.07) is 30.4. The first-order chi connectivity index (χ1) is 49.0. The van der Waals surface area contributed by atoms with Crippen molar-refractivity contribution in [2.24, 2.45) is 0 Å². The van der Waals surface area contributed by atoms with Gasteiger partial charge in [-0.2, -0.15) is 15.3 Å². The number of nitrogens with one attached hydrogen (secondary N) is 2. The van der Waals surface area contributed by atoms with Gasteiger partial charge in [0.25, 0.3) is 5.56 Å². The molecule has 0 bridgehead atoms. The fourth-order valence-electron chi connectivity index (χ4n) is 16.2. The van der Waals surface area contributed by atoms with Crippen molar-refractivity contribution in [1.82, 2.24) is 88.6 Å². The number of benzene rings is 3. The maximum absolute atomic E-state index is 12.2. The molecule has 18 rings (SSSR count). The Kier molecular flexibility index (Phi) is 18.5. The van der Waals surface area contributed by atoms with Gasteiger partial charge in [0.05, 0.1) is 83.9 Å². The number of para-hydroxylation sites is 2. The van der Waals surface area contributed by atoms with Gasteiger partial charge in [-0.25, -0.2) is 28.5 Å². The van der Waals surface area contributed by atoms with Gasteiger partial charge in [-0.3, -0.25) is 34.3 Å². The lowest BCUT2D eigenvalue weighted by atomic mass is 10.0. The van der Waals surface area contributed by atoms with Crippen molar-refractivity contribution in [3.63, 3.8) is 0 Å². The summed E-state index contributed by atoms with van der Waals surface area (Å²) < 4.78 is 5.69. The van der Waals surface area contributed by atoms with E-state index in [1.165, 1.54) is 51.9 Å². The van der Waals surface area contributed by atoms with Crippen LogP contribution in [0.3, 0.4) is 0 Å². The summed E-state index contributed by atoms with van der Waals surface area (Å²) in [5.74, 6) is 0.199. The highest BCUT2D eigenvalue weighted by molar-refractivity contribution is 6.00. The Morgan fingerprint density at radius 1 is 0.430 bits per heavy atom. The molecule has 3 aromatic carbocycles. The van der Waals surface area contributed by atoms with Crippen molar-refractivity contribution in [1.29, 1.82) is 0 Å². The van der Waals surface area contributed by atoms with E-state index in [0.717, 1.165) is 216 Å². The molecule has 1 amide bonds. The van der Waals surface area contributed by atoms with Crippen molar-refractivity contribution >= 4 is 72.5 Å². The van der Waals surface area contributed by atoms with E-state index < -0.39 is 0 Å². The van der Waals surface area contributed by atoms with Crippen molar-refractivity contribution in [3.8, 4) is 33.4 Å². The van der Waals surface area contributed by atoms with Gasteiger partial charge in [-0.05, 0) is 119 Å². The number of aryl methyl sites for hydroxylation is 2. The summed E-state index contributed by atoms with van der Waals surface area (Å²) in [6.07, 6.45) is 26.8. The first-order valence-electron chi connectivity index (χ1n) is 36.0. The van der Waals surface area contributed by atoms with Crippen LogP contribution in [-0.4, -0.2) is 232 Å². The number of carbonyl (C=O) groups excluding carboxylic acids is 1. The number of aromatic amines is 1. The summed E-state index contributed by atoms with van der Waals surface area (Å²) in [5.41, 5.74) is 16.0. The number of likely N-dealkylation sites (N-methyl/N-ethyl adjacent to an activating group) is 1. The number of aromatic nitrogens is 12. The molecular weight excluding hydrogens is 1250 g/mol. The van der Waals surface area contributed by atoms with E-state index in [1.807, 2.05) is 112 Å². The number of rotatable bonds is 9. The van der Waals surface area contributed by atoms with Gasteiger partial charge in [0.2, 0.25) is 5.91 Å². The van der Waals surface area contributed by atoms with Crippen molar-refractivity contribution < 1.29 is 4.79 Å². The van der Waals surface area contributed by atoms with Crippen LogP contribution < -0.4 is 25.6 Å². The predicted octanol–water partition coefficient (Wildman–Crippen LogP) is 8.97. The summed E-state index contributed by atoms with van der Waals surface area (Å²) in [5, 5.41) is 21.2. The minimum Gasteiger partial charge on any atom is -0.369 e. The van der Waals surface area contributed by atoms with Crippen molar-refractivity contribution in [2.75, 3.05) is 140 Å². The monoisotopic (exact) mass is 1340 g/mol. The van der Waals surface area contributed by atoms with Crippen LogP contribution in [-0.2, 0) is 4.79 Å². The Labute approximate surface area is 582 Å². The summed E-state index contributed by atoms with van der Waals surface area (Å²) in [4.78, 5) is 70.2.